The van der Waals surface area contributed by atoms with E-state index in [-0.39, 0.29) is 35.8 Å². The van der Waals surface area contributed by atoms with Gasteiger partial charge in [0.1, 0.15) is 24.2 Å². The Morgan fingerprint density at radius 3 is 2.76 bits per heavy atom. The van der Waals surface area contributed by atoms with E-state index in [2.05, 4.69) is 25.7 Å². The zero-order chi connectivity index (χ0) is 27.2. The summed E-state index contributed by atoms with van der Waals surface area (Å²) in [4.78, 5) is 16.8. The molecule has 1 amide bonds. The number of amides is 1. The minimum atomic E-state index is -4.48. The number of methoxy groups -OCH3 is 1. The summed E-state index contributed by atoms with van der Waals surface area (Å²) in [6.45, 7) is -3.00. The number of nitrogens with zero attached hydrogens (tertiary/aromatic N) is 7. The van der Waals surface area contributed by atoms with Crippen molar-refractivity contribution in [2.24, 2.45) is 0 Å². The summed E-state index contributed by atoms with van der Waals surface area (Å²) in [5, 5.41) is 23.2. The van der Waals surface area contributed by atoms with E-state index in [0.717, 1.165) is 9.58 Å². The summed E-state index contributed by atoms with van der Waals surface area (Å²) >= 11 is 0. The van der Waals surface area contributed by atoms with E-state index in [4.69, 9.17) is 9.84 Å². The molecule has 0 saturated carbocycles. The number of halogens is 5. The first kappa shape index (κ1) is 25.6. The van der Waals surface area contributed by atoms with E-state index in [1.807, 2.05) is 0 Å². The third-order valence-corrected chi connectivity index (χ3v) is 6.22. The van der Waals surface area contributed by atoms with Crippen molar-refractivity contribution in [3.8, 4) is 17.0 Å². The Morgan fingerprint density at radius 1 is 1.29 bits per heavy atom. The van der Waals surface area contributed by atoms with Gasteiger partial charge < -0.3 is 20.1 Å². The predicted octanol–water partition coefficient (Wildman–Crippen LogP) is 2.35. The van der Waals surface area contributed by atoms with Crippen LogP contribution in [0.5, 0.6) is 5.88 Å². The van der Waals surface area contributed by atoms with Crippen LogP contribution in [-0.2, 0) is 11.3 Å². The van der Waals surface area contributed by atoms with Crippen molar-refractivity contribution in [2.75, 3.05) is 32.1 Å². The van der Waals surface area contributed by atoms with Crippen LogP contribution in [-0.4, -0.2) is 90.5 Å². The Kier molecular flexibility index (Phi) is 6.28. The highest BCUT2D eigenvalue weighted by Gasteiger charge is 2.46. The topological polar surface area (TPSA) is 123 Å². The lowest BCUT2D eigenvalue weighted by atomic mass is 10.0. The molecule has 16 heteroatoms. The normalized spacial score (nSPS) is 17.8. The highest BCUT2D eigenvalue weighted by atomic mass is 19.4. The first-order valence-corrected chi connectivity index (χ1v) is 11.4. The Morgan fingerprint density at radius 2 is 2.08 bits per heavy atom. The van der Waals surface area contributed by atoms with Crippen molar-refractivity contribution < 1.29 is 36.6 Å². The molecule has 1 fully saturated rings. The van der Waals surface area contributed by atoms with E-state index in [9.17, 15) is 26.7 Å². The molecule has 2 N–H and O–H groups in total. The molecule has 1 aliphatic heterocycles. The largest absolute Gasteiger partial charge is 0.479 e. The second-order valence-electron chi connectivity index (χ2n) is 8.75. The first-order valence-electron chi connectivity index (χ1n) is 11.4. The summed E-state index contributed by atoms with van der Waals surface area (Å²) < 4.78 is 75.8. The van der Waals surface area contributed by atoms with Crippen LogP contribution in [0.4, 0.5) is 27.9 Å². The smallest absolute Gasteiger partial charge is 0.408 e. The molecule has 0 bridgehead atoms. The van der Waals surface area contributed by atoms with Crippen LogP contribution in [0.15, 0.2) is 30.5 Å². The number of carbonyl (C=O) groups excluding carboxylic acids is 1. The average molecular weight is 540 g/mol. The zero-order valence-electron chi connectivity index (χ0n) is 19.8. The Balaban J connectivity index is 1.46. The number of nitrogens with one attached hydrogen (secondary N) is 1. The quantitative estimate of drug-likeness (QED) is 0.358. The molecule has 38 heavy (non-hydrogen) atoms. The lowest BCUT2D eigenvalue weighted by molar-refractivity contribution is -0.145. The summed E-state index contributed by atoms with van der Waals surface area (Å²) in [6, 6.07) is 4.95. The summed E-state index contributed by atoms with van der Waals surface area (Å²) in [5.74, 6) is -4.20. The summed E-state index contributed by atoms with van der Waals surface area (Å²) in [6.07, 6.45) is -3.06. The lowest BCUT2D eigenvalue weighted by Gasteiger charge is -2.38. The monoisotopic (exact) mass is 540 g/mol. The minimum Gasteiger partial charge on any atom is -0.479 e. The maximum atomic E-state index is 14.7. The molecule has 1 atom stereocenters. The number of aromatic nitrogens is 6. The lowest BCUT2D eigenvalue weighted by Crippen LogP contribution is -2.56. The number of piperidine rings is 1. The maximum absolute atomic E-state index is 14.7. The van der Waals surface area contributed by atoms with Gasteiger partial charge in [-0.15, -0.1) is 10.2 Å². The number of likely N-dealkylation sites (tertiary alicyclic amines) is 1. The number of fused-ring (bicyclic) bond motifs is 2. The van der Waals surface area contributed by atoms with Crippen molar-refractivity contribution in [2.45, 2.75) is 31.1 Å². The fourth-order valence-corrected chi connectivity index (χ4v) is 4.43. The average Bonchev–Trinajstić information content (AvgIpc) is 3.47. The number of rotatable bonds is 6. The number of aliphatic hydroxyl groups excluding tert-OH is 1. The number of anilines is 1. The fraction of sp³-hybridized carbons (Fsp3) is 0.409. The number of alkyl halides is 5. The fourth-order valence-electron chi connectivity index (χ4n) is 4.43. The molecule has 4 heterocycles. The summed E-state index contributed by atoms with van der Waals surface area (Å²) in [7, 11) is 1.34. The van der Waals surface area contributed by atoms with E-state index >= 15 is 0 Å². The Labute approximate surface area is 210 Å². The molecule has 0 spiro atoms. The van der Waals surface area contributed by atoms with Gasteiger partial charge in [-0.05, 0) is 30.2 Å². The van der Waals surface area contributed by atoms with Crippen LogP contribution >= 0.6 is 0 Å². The molecular weight excluding hydrogens is 519 g/mol. The van der Waals surface area contributed by atoms with Gasteiger partial charge in [0, 0.05) is 18.3 Å². The Hall–Kier alpha value is -4.08. The van der Waals surface area contributed by atoms with Gasteiger partial charge in [-0.3, -0.25) is 4.79 Å². The van der Waals surface area contributed by atoms with E-state index in [1.165, 1.54) is 30.0 Å². The molecule has 1 saturated heterocycles. The summed E-state index contributed by atoms with van der Waals surface area (Å²) in [5.41, 5.74) is 1.86. The van der Waals surface area contributed by atoms with Crippen LogP contribution in [0.3, 0.4) is 0 Å². The maximum Gasteiger partial charge on any atom is 0.408 e. The molecule has 202 valence electrons. The molecule has 0 aliphatic carbocycles. The molecular formula is C22H21F5N8O3. The molecule has 1 aromatic carbocycles. The van der Waals surface area contributed by atoms with Gasteiger partial charge >= 0.3 is 6.18 Å². The number of ether oxygens (including phenoxy) is 1. The van der Waals surface area contributed by atoms with Gasteiger partial charge in [-0.2, -0.15) is 18.2 Å². The van der Waals surface area contributed by atoms with Crippen LogP contribution in [0.25, 0.3) is 27.7 Å². The molecule has 5 rings (SSSR count). The second kappa shape index (κ2) is 9.34. The minimum absolute atomic E-state index is 0.0158. The highest BCUT2D eigenvalue weighted by Crippen LogP contribution is 2.34. The third kappa shape index (κ3) is 4.78. The molecule has 4 aromatic rings. The van der Waals surface area contributed by atoms with Crippen molar-refractivity contribution >= 4 is 28.4 Å². The van der Waals surface area contributed by atoms with E-state index in [1.54, 1.807) is 12.1 Å². The number of aliphatic hydroxyl groups is 1. The van der Waals surface area contributed by atoms with E-state index < -0.39 is 43.7 Å². The number of benzene rings is 1. The standard InChI is InChI=1S/C22H21F5N8O3/c1-38-19-18-13(12-2-3-14-15(8-12)35(32-30-14)11-22(25,26)27)4-7-34(18)31-20(29-19)28-16-5-6-33(17(37)9-36)10-21(16,23)24/h2-4,7-8,16,36H,5-6,9-11H2,1H3,(H,28,31)/t16-/m1/s1. The van der Waals surface area contributed by atoms with Crippen LogP contribution < -0.4 is 10.1 Å². The predicted molar refractivity (Wildman–Crippen MR) is 123 cm³/mol. The van der Waals surface area contributed by atoms with Gasteiger partial charge in [0.15, 0.2) is 0 Å². The number of hydrogen-bond donors (Lipinski definition) is 2. The molecule has 11 nitrogen and oxygen atoms in total. The number of carbonyl (C=O) groups is 1. The Bertz CT molecular complexity index is 1500. The highest BCUT2D eigenvalue weighted by molar-refractivity contribution is 5.89. The van der Waals surface area contributed by atoms with E-state index in [0.29, 0.717) is 16.6 Å². The van der Waals surface area contributed by atoms with Crippen LogP contribution in [0, 0.1) is 0 Å². The van der Waals surface area contributed by atoms with Gasteiger partial charge in [0.05, 0.1) is 25.2 Å². The zero-order valence-corrected chi connectivity index (χ0v) is 19.8. The molecule has 0 unspecified atom stereocenters. The van der Waals surface area contributed by atoms with Crippen molar-refractivity contribution in [3.05, 3.63) is 30.5 Å². The van der Waals surface area contributed by atoms with Crippen molar-refractivity contribution in [1.82, 2.24) is 34.5 Å². The van der Waals surface area contributed by atoms with Crippen LogP contribution in [0.1, 0.15) is 6.42 Å². The van der Waals surface area contributed by atoms with Gasteiger partial charge in [-0.25, -0.2) is 18.0 Å². The third-order valence-electron chi connectivity index (χ3n) is 6.22. The van der Waals surface area contributed by atoms with Gasteiger partial charge in [0.2, 0.25) is 17.7 Å². The molecule has 0 radical (unpaired) electrons. The molecule has 3 aromatic heterocycles. The second-order valence-corrected chi connectivity index (χ2v) is 8.75. The van der Waals surface area contributed by atoms with Gasteiger partial charge in [-0.1, -0.05) is 11.3 Å². The van der Waals surface area contributed by atoms with Crippen LogP contribution in [0.2, 0.25) is 0 Å². The van der Waals surface area contributed by atoms with Crippen molar-refractivity contribution in [1.29, 1.82) is 0 Å². The number of hydrogen-bond acceptors (Lipinski definition) is 8. The SMILES string of the molecule is COc1nc(N[C@@H]2CCN(C(=O)CO)CC2(F)F)nn2ccc(-c3ccc4nnn(CC(F)(F)F)c4c3)c12. The first-order chi connectivity index (χ1) is 18.0. The molecule has 1 aliphatic rings. The van der Waals surface area contributed by atoms with Crippen molar-refractivity contribution in [3.63, 3.8) is 0 Å². The van der Waals surface area contributed by atoms with Gasteiger partial charge in [0.25, 0.3) is 5.92 Å².